The summed E-state index contributed by atoms with van der Waals surface area (Å²) in [5, 5.41) is 0.743. The van der Waals surface area contributed by atoms with E-state index in [9.17, 15) is 8.42 Å². The van der Waals surface area contributed by atoms with E-state index in [1.807, 2.05) is 12.1 Å². The van der Waals surface area contributed by atoms with E-state index in [1.54, 1.807) is 36.5 Å². The number of nitrogens with two attached hydrogens (primary N) is 1. The van der Waals surface area contributed by atoms with Gasteiger partial charge in [-0.2, -0.15) is 0 Å². The van der Waals surface area contributed by atoms with Crippen molar-refractivity contribution in [2.75, 3.05) is 10.5 Å². The second kappa shape index (κ2) is 5.06. The Balaban J connectivity index is 2.06. The Labute approximate surface area is 122 Å². The minimum Gasteiger partial charge on any atom is -0.399 e. The van der Waals surface area contributed by atoms with Gasteiger partial charge in [0, 0.05) is 17.3 Å². The molecule has 0 radical (unpaired) electrons. The number of anilines is 2. The van der Waals surface area contributed by atoms with Gasteiger partial charge in [0.1, 0.15) is 0 Å². The maximum absolute atomic E-state index is 12.4. The van der Waals surface area contributed by atoms with Gasteiger partial charge in [-0.05, 0) is 42.5 Å². The first kappa shape index (κ1) is 13.4. The van der Waals surface area contributed by atoms with Crippen LogP contribution in [0.2, 0.25) is 0 Å². The van der Waals surface area contributed by atoms with Crippen LogP contribution in [0.5, 0.6) is 0 Å². The number of fused-ring (bicyclic) bond motifs is 1. The normalized spacial score (nSPS) is 11.4. The molecule has 0 aliphatic rings. The number of rotatable bonds is 3. The molecule has 0 atom stereocenters. The lowest BCUT2D eigenvalue weighted by Gasteiger charge is -2.10. The van der Waals surface area contributed by atoms with Gasteiger partial charge in [-0.3, -0.25) is 9.71 Å². The molecule has 106 valence electrons. The first-order valence-electron chi connectivity index (χ1n) is 6.28. The second-order valence-corrected chi connectivity index (χ2v) is 6.24. The molecule has 5 nitrogen and oxygen atoms in total. The quantitative estimate of drug-likeness (QED) is 0.728. The number of hydrogen-bond acceptors (Lipinski definition) is 4. The highest BCUT2D eigenvalue weighted by atomic mass is 32.2. The van der Waals surface area contributed by atoms with Gasteiger partial charge in [-0.15, -0.1) is 0 Å². The van der Waals surface area contributed by atoms with Crippen molar-refractivity contribution in [3.05, 3.63) is 60.8 Å². The van der Waals surface area contributed by atoms with Crippen molar-refractivity contribution in [2.24, 2.45) is 0 Å². The Morgan fingerprint density at radius 1 is 1.00 bits per heavy atom. The molecule has 0 fully saturated rings. The number of sulfonamides is 1. The van der Waals surface area contributed by atoms with Gasteiger partial charge < -0.3 is 5.73 Å². The third kappa shape index (κ3) is 2.66. The number of aromatic nitrogens is 1. The van der Waals surface area contributed by atoms with Crippen molar-refractivity contribution in [3.8, 4) is 0 Å². The fourth-order valence-electron chi connectivity index (χ4n) is 2.08. The maximum Gasteiger partial charge on any atom is 0.261 e. The molecule has 0 unspecified atom stereocenters. The lowest BCUT2D eigenvalue weighted by molar-refractivity contribution is 0.601. The molecule has 0 amide bonds. The van der Waals surface area contributed by atoms with Crippen LogP contribution in [0.1, 0.15) is 0 Å². The molecular formula is C15H13N3O2S. The van der Waals surface area contributed by atoms with Crippen molar-refractivity contribution >= 4 is 32.3 Å². The van der Waals surface area contributed by atoms with Crippen LogP contribution >= 0.6 is 0 Å². The van der Waals surface area contributed by atoms with Crippen LogP contribution in [0.3, 0.4) is 0 Å². The van der Waals surface area contributed by atoms with Crippen LogP contribution < -0.4 is 10.5 Å². The summed E-state index contributed by atoms with van der Waals surface area (Å²) in [5.74, 6) is 0. The standard InChI is InChI=1S/C15H13N3O2S/c16-11-4-1-5-12(10-11)21(19,20)18-15-8-2-7-14-13(15)6-3-9-17-14/h1-10,18H,16H2. The smallest absolute Gasteiger partial charge is 0.261 e. The minimum absolute atomic E-state index is 0.128. The van der Waals surface area contributed by atoms with Crippen LogP contribution in [0.25, 0.3) is 10.9 Å². The third-order valence-electron chi connectivity index (χ3n) is 3.06. The molecule has 6 heteroatoms. The predicted octanol–water partition coefficient (Wildman–Crippen LogP) is 2.62. The van der Waals surface area contributed by atoms with E-state index in [0.29, 0.717) is 11.4 Å². The highest BCUT2D eigenvalue weighted by Crippen LogP contribution is 2.24. The summed E-state index contributed by atoms with van der Waals surface area (Å²) >= 11 is 0. The van der Waals surface area contributed by atoms with Crippen LogP contribution in [-0.2, 0) is 10.0 Å². The van der Waals surface area contributed by atoms with E-state index >= 15 is 0 Å². The van der Waals surface area contributed by atoms with Crippen LogP contribution in [-0.4, -0.2) is 13.4 Å². The van der Waals surface area contributed by atoms with Crippen LogP contribution in [0.4, 0.5) is 11.4 Å². The van der Waals surface area contributed by atoms with E-state index in [4.69, 9.17) is 5.73 Å². The number of hydrogen-bond donors (Lipinski definition) is 2. The Kier molecular flexibility index (Phi) is 3.23. The fraction of sp³-hybridized carbons (Fsp3) is 0. The summed E-state index contributed by atoms with van der Waals surface area (Å²) in [6.45, 7) is 0. The van der Waals surface area contributed by atoms with Crippen molar-refractivity contribution < 1.29 is 8.42 Å². The minimum atomic E-state index is -3.69. The molecule has 21 heavy (non-hydrogen) atoms. The lowest BCUT2D eigenvalue weighted by Crippen LogP contribution is -2.13. The van der Waals surface area contributed by atoms with Gasteiger partial charge in [-0.25, -0.2) is 8.42 Å². The van der Waals surface area contributed by atoms with Gasteiger partial charge in [-0.1, -0.05) is 12.1 Å². The molecule has 0 spiro atoms. The SMILES string of the molecule is Nc1cccc(S(=O)(=O)Nc2cccc3ncccc23)c1. The van der Waals surface area contributed by atoms with Gasteiger partial charge >= 0.3 is 0 Å². The Morgan fingerprint density at radius 2 is 1.81 bits per heavy atom. The average molecular weight is 299 g/mol. The molecule has 0 saturated carbocycles. The maximum atomic E-state index is 12.4. The van der Waals surface area contributed by atoms with Crippen LogP contribution in [0.15, 0.2) is 65.7 Å². The van der Waals surface area contributed by atoms with Crippen molar-refractivity contribution in [1.82, 2.24) is 4.98 Å². The number of nitrogens with one attached hydrogen (secondary N) is 1. The van der Waals surface area contributed by atoms with E-state index in [1.165, 1.54) is 12.1 Å². The molecule has 3 aromatic rings. The van der Waals surface area contributed by atoms with Crippen molar-refractivity contribution in [2.45, 2.75) is 4.90 Å². The molecule has 3 N–H and O–H groups in total. The second-order valence-electron chi connectivity index (χ2n) is 4.55. The molecule has 0 aliphatic heterocycles. The number of benzene rings is 2. The fourth-order valence-corrected chi connectivity index (χ4v) is 3.21. The number of nitrogens with zero attached hydrogens (tertiary/aromatic N) is 1. The van der Waals surface area contributed by atoms with E-state index in [0.717, 1.165) is 10.9 Å². The molecule has 1 heterocycles. The zero-order chi connectivity index (χ0) is 14.9. The van der Waals surface area contributed by atoms with Gasteiger partial charge in [0.05, 0.1) is 16.1 Å². The zero-order valence-corrected chi connectivity index (χ0v) is 11.8. The molecular weight excluding hydrogens is 286 g/mol. The molecule has 0 bridgehead atoms. The lowest BCUT2D eigenvalue weighted by atomic mass is 10.2. The first-order chi connectivity index (χ1) is 10.1. The van der Waals surface area contributed by atoms with Gasteiger partial charge in [0.2, 0.25) is 0 Å². The molecule has 0 saturated heterocycles. The Morgan fingerprint density at radius 3 is 2.62 bits per heavy atom. The van der Waals surface area contributed by atoms with Gasteiger partial charge in [0.15, 0.2) is 0 Å². The van der Waals surface area contributed by atoms with Gasteiger partial charge in [0.25, 0.3) is 10.0 Å². The summed E-state index contributed by atoms with van der Waals surface area (Å²) in [6.07, 6.45) is 1.67. The summed E-state index contributed by atoms with van der Waals surface area (Å²) in [6, 6.07) is 15.0. The largest absolute Gasteiger partial charge is 0.399 e. The average Bonchev–Trinajstić information content (AvgIpc) is 2.47. The first-order valence-corrected chi connectivity index (χ1v) is 7.77. The van der Waals surface area contributed by atoms with E-state index in [-0.39, 0.29) is 4.90 Å². The molecule has 0 aliphatic carbocycles. The van der Waals surface area contributed by atoms with E-state index in [2.05, 4.69) is 9.71 Å². The Bertz CT molecular complexity index is 902. The monoisotopic (exact) mass is 299 g/mol. The van der Waals surface area contributed by atoms with Crippen LogP contribution in [0, 0.1) is 0 Å². The number of pyridine rings is 1. The van der Waals surface area contributed by atoms with Crippen molar-refractivity contribution in [3.63, 3.8) is 0 Å². The predicted molar refractivity (Wildman–Crippen MR) is 83.4 cm³/mol. The van der Waals surface area contributed by atoms with E-state index < -0.39 is 10.0 Å². The molecule has 1 aromatic heterocycles. The summed E-state index contributed by atoms with van der Waals surface area (Å²) in [7, 11) is -3.69. The molecule has 3 rings (SSSR count). The van der Waals surface area contributed by atoms with Crippen molar-refractivity contribution in [1.29, 1.82) is 0 Å². The Hall–Kier alpha value is -2.60. The summed E-state index contributed by atoms with van der Waals surface area (Å²) < 4.78 is 27.4. The topological polar surface area (TPSA) is 85.1 Å². The highest BCUT2D eigenvalue weighted by molar-refractivity contribution is 7.92. The third-order valence-corrected chi connectivity index (χ3v) is 4.42. The highest BCUT2D eigenvalue weighted by Gasteiger charge is 2.15. The summed E-state index contributed by atoms with van der Waals surface area (Å²) in [5.41, 5.74) is 7.25. The zero-order valence-electron chi connectivity index (χ0n) is 11.0. The summed E-state index contributed by atoms with van der Waals surface area (Å²) in [4.78, 5) is 4.33. The number of nitrogen functional groups attached to an aromatic ring is 1. The molecule has 2 aromatic carbocycles.